The number of nitrogens with one attached hydrogen (secondary N) is 2. The van der Waals surface area contributed by atoms with Crippen LogP contribution in [0.2, 0.25) is 0 Å². The third-order valence-electron chi connectivity index (χ3n) is 2.19. The van der Waals surface area contributed by atoms with E-state index in [-0.39, 0.29) is 29.7 Å². The number of carbonyl (C=O) groups is 2. The van der Waals surface area contributed by atoms with Gasteiger partial charge in [-0.05, 0) is 26.7 Å². The van der Waals surface area contributed by atoms with Gasteiger partial charge in [0.25, 0.3) is 0 Å². The van der Waals surface area contributed by atoms with Gasteiger partial charge in [0, 0.05) is 18.5 Å². The Hall–Kier alpha value is -1.10. The topological polar surface area (TPSA) is 84.2 Å². The fraction of sp³-hybridized carbons (Fsp3) is 0.833. The smallest absolute Gasteiger partial charge is 0.237 e. The van der Waals surface area contributed by atoms with Crippen molar-refractivity contribution in [2.45, 2.75) is 52.6 Å². The molecule has 0 aliphatic heterocycles. The normalized spacial score (nSPS) is 13.4. The molecule has 0 rings (SSSR count). The highest BCUT2D eigenvalue weighted by Crippen LogP contribution is 1.99. The first kappa shape index (κ1) is 15.9. The molecule has 0 spiro atoms. The zero-order valence-corrected chi connectivity index (χ0v) is 11.5. The highest BCUT2D eigenvalue weighted by atomic mass is 16.2. The van der Waals surface area contributed by atoms with Crippen molar-refractivity contribution in [3.05, 3.63) is 0 Å². The highest BCUT2D eigenvalue weighted by Gasteiger charge is 2.17. The van der Waals surface area contributed by atoms with Crippen molar-refractivity contribution >= 4 is 11.8 Å². The molecule has 0 aromatic heterocycles. The van der Waals surface area contributed by atoms with Gasteiger partial charge in [0.05, 0.1) is 6.04 Å². The lowest BCUT2D eigenvalue weighted by molar-refractivity contribution is -0.124. The van der Waals surface area contributed by atoms with Crippen LogP contribution in [-0.2, 0) is 9.59 Å². The van der Waals surface area contributed by atoms with Crippen molar-refractivity contribution in [1.29, 1.82) is 0 Å². The summed E-state index contributed by atoms with van der Waals surface area (Å²) < 4.78 is 0. The third-order valence-corrected chi connectivity index (χ3v) is 2.19. The lowest BCUT2D eigenvalue weighted by atomic mass is 10.1. The molecule has 0 bridgehead atoms. The Morgan fingerprint density at radius 3 is 2.18 bits per heavy atom. The summed E-state index contributed by atoms with van der Waals surface area (Å²) in [6, 6.07) is -0.513. The van der Waals surface area contributed by atoms with E-state index < -0.39 is 6.04 Å². The van der Waals surface area contributed by atoms with Gasteiger partial charge in [-0.1, -0.05) is 13.8 Å². The molecule has 0 aliphatic rings. The predicted octanol–water partition coefficient (Wildman–Crippen LogP) is 0.391. The summed E-state index contributed by atoms with van der Waals surface area (Å²) in [5.74, 6) is -0.183. The van der Waals surface area contributed by atoms with Crippen LogP contribution in [0.3, 0.4) is 0 Å². The first-order valence-electron chi connectivity index (χ1n) is 5.98. The van der Waals surface area contributed by atoms with Crippen molar-refractivity contribution in [2.24, 2.45) is 11.7 Å². The molecule has 0 aromatic rings. The van der Waals surface area contributed by atoms with Crippen LogP contribution in [0.4, 0.5) is 0 Å². The molecule has 100 valence electrons. The van der Waals surface area contributed by atoms with Crippen molar-refractivity contribution in [1.82, 2.24) is 10.6 Å². The van der Waals surface area contributed by atoms with E-state index in [0.29, 0.717) is 6.54 Å². The first-order chi connectivity index (χ1) is 7.63. The first-order valence-corrected chi connectivity index (χ1v) is 5.98. The van der Waals surface area contributed by atoms with Gasteiger partial charge >= 0.3 is 0 Å². The number of hydrogen-bond donors (Lipinski definition) is 3. The van der Waals surface area contributed by atoms with Crippen LogP contribution < -0.4 is 16.4 Å². The minimum Gasteiger partial charge on any atom is -0.354 e. The second-order valence-electron chi connectivity index (χ2n) is 5.61. The number of hydrogen-bond acceptors (Lipinski definition) is 3. The molecule has 0 saturated carbocycles. The van der Waals surface area contributed by atoms with Crippen LogP contribution in [0.15, 0.2) is 0 Å². The largest absolute Gasteiger partial charge is 0.354 e. The van der Waals surface area contributed by atoms with Gasteiger partial charge in [0.15, 0.2) is 0 Å². The zero-order valence-electron chi connectivity index (χ0n) is 11.5. The second-order valence-corrected chi connectivity index (χ2v) is 5.61. The minimum absolute atomic E-state index is 0.0732. The SMILES string of the molecule is CC(C)[C@@H](N)C(=O)NCCC(=O)NC(C)(C)C. The Labute approximate surface area is 104 Å². The molecular formula is C12H25N3O2. The van der Waals surface area contributed by atoms with E-state index in [1.807, 2.05) is 34.6 Å². The monoisotopic (exact) mass is 243 g/mol. The molecule has 0 fully saturated rings. The Bertz CT molecular complexity index is 269. The van der Waals surface area contributed by atoms with Gasteiger partial charge in [0.1, 0.15) is 0 Å². The number of amides is 2. The van der Waals surface area contributed by atoms with Gasteiger partial charge < -0.3 is 16.4 Å². The molecule has 0 unspecified atom stereocenters. The zero-order chi connectivity index (χ0) is 13.6. The van der Waals surface area contributed by atoms with Crippen molar-refractivity contribution in [2.75, 3.05) is 6.54 Å². The Morgan fingerprint density at radius 1 is 1.24 bits per heavy atom. The maximum absolute atomic E-state index is 11.5. The predicted molar refractivity (Wildman–Crippen MR) is 68.3 cm³/mol. The number of carbonyl (C=O) groups excluding carboxylic acids is 2. The molecule has 2 amide bonds. The lowest BCUT2D eigenvalue weighted by Gasteiger charge is -2.20. The van der Waals surface area contributed by atoms with E-state index >= 15 is 0 Å². The van der Waals surface area contributed by atoms with Crippen LogP contribution in [0.25, 0.3) is 0 Å². The molecular weight excluding hydrogens is 218 g/mol. The molecule has 1 atom stereocenters. The van der Waals surface area contributed by atoms with Gasteiger partial charge in [-0.25, -0.2) is 0 Å². The van der Waals surface area contributed by atoms with Crippen LogP contribution >= 0.6 is 0 Å². The summed E-state index contributed by atoms with van der Waals surface area (Å²) in [7, 11) is 0. The summed E-state index contributed by atoms with van der Waals surface area (Å²) in [6.07, 6.45) is 0.272. The van der Waals surface area contributed by atoms with Gasteiger partial charge in [-0.15, -0.1) is 0 Å². The summed E-state index contributed by atoms with van der Waals surface area (Å²) in [6.45, 7) is 9.84. The highest BCUT2D eigenvalue weighted by molar-refractivity contribution is 5.82. The molecule has 5 nitrogen and oxygen atoms in total. The number of rotatable bonds is 5. The average molecular weight is 243 g/mol. The molecule has 5 heteroatoms. The van der Waals surface area contributed by atoms with Gasteiger partial charge in [-0.2, -0.15) is 0 Å². The van der Waals surface area contributed by atoms with Crippen molar-refractivity contribution < 1.29 is 9.59 Å². The molecule has 0 aromatic carbocycles. The van der Waals surface area contributed by atoms with Crippen LogP contribution in [0.1, 0.15) is 41.0 Å². The molecule has 0 aliphatic carbocycles. The Morgan fingerprint density at radius 2 is 1.76 bits per heavy atom. The van der Waals surface area contributed by atoms with E-state index in [0.717, 1.165) is 0 Å². The van der Waals surface area contributed by atoms with E-state index in [1.165, 1.54) is 0 Å². The fourth-order valence-corrected chi connectivity index (χ4v) is 1.20. The third kappa shape index (κ3) is 7.74. The molecule has 17 heavy (non-hydrogen) atoms. The van der Waals surface area contributed by atoms with Crippen LogP contribution in [0.5, 0.6) is 0 Å². The molecule has 4 N–H and O–H groups in total. The summed E-state index contributed by atoms with van der Waals surface area (Å²) in [5.41, 5.74) is 5.43. The molecule has 0 saturated heterocycles. The lowest BCUT2D eigenvalue weighted by Crippen LogP contribution is -2.46. The van der Waals surface area contributed by atoms with E-state index in [4.69, 9.17) is 5.73 Å². The van der Waals surface area contributed by atoms with Gasteiger partial charge in [-0.3, -0.25) is 9.59 Å². The standard InChI is InChI=1S/C12H25N3O2/c1-8(2)10(13)11(17)14-7-6-9(16)15-12(3,4)5/h8,10H,6-7,13H2,1-5H3,(H,14,17)(H,15,16)/t10-/m1/s1. The molecule has 0 radical (unpaired) electrons. The van der Waals surface area contributed by atoms with Crippen LogP contribution in [0, 0.1) is 5.92 Å². The quantitative estimate of drug-likeness (QED) is 0.653. The van der Waals surface area contributed by atoms with Crippen molar-refractivity contribution in [3.8, 4) is 0 Å². The van der Waals surface area contributed by atoms with Gasteiger partial charge in [0.2, 0.25) is 11.8 Å². The summed E-state index contributed by atoms with van der Waals surface area (Å²) >= 11 is 0. The average Bonchev–Trinajstić information content (AvgIpc) is 2.13. The van der Waals surface area contributed by atoms with E-state index in [1.54, 1.807) is 0 Å². The minimum atomic E-state index is -0.513. The molecule has 0 heterocycles. The fourth-order valence-electron chi connectivity index (χ4n) is 1.20. The van der Waals surface area contributed by atoms with E-state index in [9.17, 15) is 9.59 Å². The summed E-state index contributed by atoms with van der Waals surface area (Å²) in [5, 5.41) is 5.48. The van der Waals surface area contributed by atoms with E-state index in [2.05, 4.69) is 10.6 Å². The Kier molecular flexibility index (Phi) is 6.16. The maximum atomic E-state index is 11.5. The Balaban J connectivity index is 3.85. The second kappa shape index (κ2) is 6.59. The summed E-state index contributed by atoms with van der Waals surface area (Å²) in [4.78, 5) is 22.9. The maximum Gasteiger partial charge on any atom is 0.237 e. The van der Waals surface area contributed by atoms with Crippen molar-refractivity contribution in [3.63, 3.8) is 0 Å². The number of nitrogens with two attached hydrogens (primary N) is 1. The van der Waals surface area contributed by atoms with Crippen LogP contribution in [-0.4, -0.2) is 29.9 Å².